The summed E-state index contributed by atoms with van der Waals surface area (Å²) in [4.78, 5) is 12.2. The molecule has 1 N–H and O–H groups in total. The van der Waals surface area contributed by atoms with E-state index in [-0.39, 0.29) is 17.3 Å². The standard InChI is InChI=1S/C16H14O3/c1-19-15(11-13-9-5-6-10-14(13)17)16(18)12-7-3-2-4-8-12/h2-11,17H,1H3/b15-11+. The third kappa shape index (κ3) is 3.01. The first-order valence-corrected chi connectivity index (χ1v) is 5.86. The maximum absolute atomic E-state index is 12.2. The first-order valence-electron chi connectivity index (χ1n) is 5.86. The number of ketones is 1. The molecule has 0 radical (unpaired) electrons. The summed E-state index contributed by atoms with van der Waals surface area (Å²) in [5.74, 6) is 0.0805. The Labute approximate surface area is 111 Å². The second kappa shape index (κ2) is 5.87. The van der Waals surface area contributed by atoms with Gasteiger partial charge in [0.1, 0.15) is 5.75 Å². The van der Waals surface area contributed by atoms with Crippen LogP contribution in [-0.2, 0) is 4.74 Å². The molecular weight excluding hydrogens is 240 g/mol. The minimum absolute atomic E-state index is 0.109. The van der Waals surface area contributed by atoms with Crippen molar-refractivity contribution in [3.63, 3.8) is 0 Å². The molecule has 2 aromatic rings. The topological polar surface area (TPSA) is 46.5 Å². The summed E-state index contributed by atoms with van der Waals surface area (Å²) < 4.78 is 5.13. The molecule has 0 unspecified atom stereocenters. The van der Waals surface area contributed by atoms with Gasteiger partial charge in [0.15, 0.2) is 5.76 Å². The Morgan fingerprint density at radius 2 is 1.68 bits per heavy atom. The predicted molar refractivity (Wildman–Crippen MR) is 73.9 cm³/mol. The van der Waals surface area contributed by atoms with Gasteiger partial charge >= 0.3 is 0 Å². The van der Waals surface area contributed by atoms with Crippen LogP contribution in [0.15, 0.2) is 60.4 Å². The van der Waals surface area contributed by atoms with Gasteiger partial charge in [-0.3, -0.25) is 4.79 Å². The Balaban J connectivity index is 2.36. The van der Waals surface area contributed by atoms with Crippen LogP contribution in [0.4, 0.5) is 0 Å². The SMILES string of the molecule is CO/C(=C/c1ccccc1O)C(=O)c1ccccc1. The van der Waals surface area contributed by atoms with Gasteiger partial charge in [-0.2, -0.15) is 0 Å². The Morgan fingerprint density at radius 3 is 2.32 bits per heavy atom. The van der Waals surface area contributed by atoms with E-state index in [9.17, 15) is 9.90 Å². The second-order valence-electron chi connectivity index (χ2n) is 3.97. The fourth-order valence-electron chi connectivity index (χ4n) is 1.70. The molecule has 0 atom stereocenters. The van der Waals surface area contributed by atoms with E-state index in [1.165, 1.54) is 13.2 Å². The molecule has 0 fully saturated rings. The number of rotatable bonds is 4. The second-order valence-corrected chi connectivity index (χ2v) is 3.97. The van der Waals surface area contributed by atoms with Crippen molar-refractivity contribution < 1.29 is 14.6 Å². The number of para-hydroxylation sites is 1. The molecule has 0 saturated carbocycles. The summed E-state index contributed by atoms with van der Waals surface area (Å²) in [6.07, 6.45) is 1.53. The highest BCUT2D eigenvalue weighted by atomic mass is 16.5. The number of methoxy groups -OCH3 is 1. The zero-order chi connectivity index (χ0) is 13.7. The minimum Gasteiger partial charge on any atom is -0.507 e. The highest BCUT2D eigenvalue weighted by molar-refractivity contribution is 6.09. The number of phenols is 1. The van der Waals surface area contributed by atoms with Gasteiger partial charge in [-0.15, -0.1) is 0 Å². The summed E-state index contributed by atoms with van der Waals surface area (Å²) in [5, 5.41) is 9.70. The van der Waals surface area contributed by atoms with Crippen LogP contribution in [0.25, 0.3) is 6.08 Å². The molecule has 2 rings (SSSR count). The van der Waals surface area contributed by atoms with E-state index < -0.39 is 0 Å². The molecule has 3 nitrogen and oxygen atoms in total. The number of allylic oxidation sites excluding steroid dienone is 1. The van der Waals surface area contributed by atoms with Gasteiger partial charge in [-0.25, -0.2) is 0 Å². The Kier molecular flexibility index (Phi) is 3.98. The predicted octanol–water partition coefficient (Wildman–Crippen LogP) is 3.26. The van der Waals surface area contributed by atoms with E-state index in [1.54, 1.807) is 48.5 Å². The molecule has 0 aliphatic rings. The van der Waals surface area contributed by atoms with Gasteiger partial charge in [0.25, 0.3) is 0 Å². The summed E-state index contributed by atoms with van der Waals surface area (Å²) in [5.41, 5.74) is 1.09. The lowest BCUT2D eigenvalue weighted by molar-refractivity contribution is 0.0957. The van der Waals surface area contributed by atoms with Gasteiger partial charge in [0.2, 0.25) is 5.78 Å². The van der Waals surface area contributed by atoms with Crippen molar-refractivity contribution in [1.29, 1.82) is 0 Å². The Morgan fingerprint density at radius 1 is 1.05 bits per heavy atom. The molecule has 0 aliphatic heterocycles. The summed E-state index contributed by atoms with van der Waals surface area (Å²) >= 11 is 0. The van der Waals surface area contributed by atoms with Crippen LogP contribution in [0.1, 0.15) is 15.9 Å². The molecule has 0 aromatic heterocycles. The van der Waals surface area contributed by atoms with E-state index in [1.807, 2.05) is 6.07 Å². The molecule has 0 bridgehead atoms. The number of hydrogen-bond donors (Lipinski definition) is 1. The molecule has 0 amide bonds. The summed E-state index contributed by atoms with van der Waals surface area (Å²) in [6.45, 7) is 0. The fraction of sp³-hybridized carbons (Fsp3) is 0.0625. The van der Waals surface area contributed by atoms with E-state index in [0.29, 0.717) is 11.1 Å². The van der Waals surface area contributed by atoms with E-state index in [4.69, 9.17) is 4.74 Å². The quantitative estimate of drug-likeness (QED) is 0.517. The number of ether oxygens (including phenoxy) is 1. The number of benzene rings is 2. The van der Waals surface area contributed by atoms with Gasteiger partial charge in [0.05, 0.1) is 7.11 Å². The number of Topliss-reactive ketones (excluding diaryl/α,β-unsaturated/α-hetero) is 1. The lowest BCUT2D eigenvalue weighted by Gasteiger charge is -2.06. The van der Waals surface area contributed by atoms with Crippen LogP contribution in [0.2, 0.25) is 0 Å². The van der Waals surface area contributed by atoms with Crippen molar-refractivity contribution in [2.75, 3.05) is 7.11 Å². The number of hydrogen-bond acceptors (Lipinski definition) is 3. The molecule has 3 heteroatoms. The average molecular weight is 254 g/mol. The summed E-state index contributed by atoms with van der Waals surface area (Å²) in [6, 6.07) is 15.7. The molecule has 0 heterocycles. The lowest BCUT2D eigenvalue weighted by atomic mass is 10.1. The number of carbonyl (C=O) groups is 1. The highest BCUT2D eigenvalue weighted by Gasteiger charge is 2.13. The Hall–Kier alpha value is -2.55. The molecular formula is C16H14O3. The first kappa shape index (κ1) is 12.9. The van der Waals surface area contributed by atoms with Crippen LogP contribution in [0.3, 0.4) is 0 Å². The fourth-order valence-corrected chi connectivity index (χ4v) is 1.70. The monoisotopic (exact) mass is 254 g/mol. The van der Waals surface area contributed by atoms with Crippen molar-refractivity contribution in [2.45, 2.75) is 0 Å². The maximum Gasteiger partial charge on any atom is 0.227 e. The lowest BCUT2D eigenvalue weighted by Crippen LogP contribution is -2.04. The average Bonchev–Trinajstić information content (AvgIpc) is 2.47. The van der Waals surface area contributed by atoms with Gasteiger partial charge in [-0.1, -0.05) is 48.5 Å². The molecule has 0 aliphatic carbocycles. The Bertz CT molecular complexity index is 600. The molecule has 19 heavy (non-hydrogen) atoms. The number of aromatic hydroxyl groups is 1. The molecule has 96 valence electrons. The zero-order valence-corrected chi connectivity index (χ0v) is 10.5. The van der Waals surface area contributed by atoms with E-state index in [2.05, 4.69) is 0 Å². The molecule has 0 spiro atoms. The van der Waals surface area contributed by atoms with E-state index >= 15 is 0 Å². The first-order chi connectivity index (χ1) is 9.22. The smallest absolute Gasteiger partial charge is 0.227 e. The van der Waals surface area contributed by atoms with Crippen LogP contribution in [0, 0.1) is 0 Å². The van der Waals surface area contributed by atoms with Crippen molar-refractivity contribution in [3.8, 4) is 5.75 Å². The highest BCUT2D eigenvalue weighted by Crippen LogP contribution is 2.20. The number of carbonyl (C=O) groups excluding carboxylic acids is 1. The van der Waals surface area contributed by atoms with Crippen LogP contribution in [-0.4, -0.2) is 18.0 Å². The zero-order valence-electron chi connectivity index (χ0n) is 10.5. The van der Waals surface area contributed by atoms with Crippen LogP contribution >= 0.6 is 0 Å². The maximum atomic E-state index is 12.2. The van der Waals surface area contributed by atoms with E-state index in [0.717, 1.165) is 0 Å². The normalized spacial score (nSPS) is 11.1. The summed E-state index contributed by atoms with van der Waals surface area (Å²) in [7, 11) is 1.44. The van der Waals surface area contributed by atoms with Crippen molar-refractivity contribution in [3.05, 3.63) is 71.5 Å². The van der Waals surface area contributed by atoms with Crippen molar-refractivity contribution >= 4 is 11.9 Å². The van der Waals surface area contributed by atoms with Crippen molar-refractivity contribution in [2.24, 2.45) is 0 Å². The molecule has 2 aromatic carbocycles. The molecule has 0 saturated heterocycles. The van der Waals surface area contributed by atoms with Crippen molar-refractivity contribution in [1.82, 2.24) is 0 Å². The third-order valence-corrected chi connectivity index (χ3v) is 2.70. The minimum atomic E-state index is -0.216. The number of phenolic OH excluding ortho intramolecular Hbond substituents is 1. The van der Waals surface area contributed by atoms with Crippen LogP contribution in [0.5, 0.6) is 5.75 Å². The van der Waals surface area contributed by atoms with Gasteiger partial charge < -0.3 is 9.84 Å². The largest absolute Gasteiger partial charge is 0.507 e. The third-order valence-electron chi connectivity index (χ3n) is 2.70. The van der Waals surface area contributed by atoms with Crippen LogP contribution < -0.4 is 0 Å². The van der Waals surface area contributed by atoms with Gasteiger partial charge in [0, 0.05) is 11.1 Å². The van der Waals surface area contributed by atoms with Gasteiger partial charge in [-0.05, 0) is 12.1 Å².